The molecule has 1 N–H and O–H groups in total. The number of carbonyl (C=O) groups is 2. The van der Waals surface area contributed by atoms with E-state index in [0.717, 1.165) is 22.2 Å². The summed E-state index contributed by atoms with van der Waals surface area (Å²) in [5.41, 5.74) is 1.98. The summed E-state index contributed by atoms with van der Waals surface area (Å²) >= 11 is 13.0. The number of hydrogen-bond donors (Lipinski definition) is 1. The Labute approximate surface area is 177 Å². The average molecular weight is 439 g/mol. The van der Waals surface area contributed by atoms with Gasteiger partial charge >= 0.3 is 5.97 Å². The Kier molecular flexibility index (Phi) is 5.63. The number of esters is 1. The SMILES string of the molecule is Cc1cccc2nc(NC(=O)C3C4C=CC(C4)C3C(=O)OC(CCl)CCl)sc12. The van der Waals surface area contributed by atoms with Gasteiger partial charge in [0, 0.05) is 0 Å². The molecule has 1 amide bonds. The number of aryl methyl sites for hydroxylation is 1. The van der Waals surface area contributed by atoms with Gasteiger partial charge in [0.2, 0.25) is 5.91 Å². The first-order valence-electron chi connectivity index (χ1n) is 9.19. The number of anilines is 1. The molecule has 1 heterocycles. The van der Waals surface area contributed by atoms with Crippen molar-refractivity contribution < 1.29 is 14.3 Å². The predicted molar refractivity (Wildman–Crippen MR) is 112 cm³/mol. The molecule has 0 aliphatic heterocycles. The van der Waals surface area contributed by atoms with E-state index in [1.807, 2.05) is 37.3 Å². The average Bonchev–Trinajstić information content (AvgIpc) is 3.40. The van der Waals surface area contributed by atoms with Gasteiger partial charge in [-0.15, -0.1) is 23.2 Å². The molecule has 1 fully saturated rings. The molecule has 28 heavy (non-hydrogen) atoms. The number of hydrogen-bond acceptors (Lipinski definition) is 5. The normalized spacial score (nSPS) is 25.6. The zero-order valence-electron chi connectivity index (χ0n) is 15.2. The number of aromatic nitrogens is 1. The largest absolute Gasteiger partial charge is 0.460 e. The number of rotatable bonds is 6. The lowest BCUT2D eigenvalue weighted by Gasteiger charge is -2.26. The number of nitrogens with one attached hydrogen (secondary N) is 1. The molecule has 148 valence electrons. The molecule has 0 saturated heterocycles. The first kappa shape index (κ1) is 19.7. The van der Waals surface area contributed by atoms with Crippen molar-refractivity contribution in [3.8, 4) is 0 Å². The molecule has 8 heteroatoms. The van der Waals surface area contributed by atoms with Crippen molar-refractivity contribution in [2.45, 2.75) is 19.4 Å². The Balaban J connectivity index is 1.53. The minimum Gasteiger partial charge on any atom is -0.460 e. The second-order valence-corrected chi connectivity index (χ2v) is 8.92. The van der Waals surface area contributed by atoms with Crippen LogP contribution in [0.5, 0.6) is 0 Å². The molecule has 5 nitrogen and oxygen atoms in total. The lowest BCUT2D eigenvalue weighted by atomic mass is 9.82. The Morgan fingerprint density at radius 1 is 1.25 bits per heavy atom. The van der Waals surface area contributed by atoms with Gasteiger partial charge in [-0.25, -0.2) is 4.98 Å². The smallest absolute Gasteiger partial charge is 0.310 e. The van der Waals surface area contributed by atoms with E-state index in [-0.39, 0.29) is 29.5 Å². The second-order valence-electron chi connectivity index (χ2n) is 7.30. The van der Waals surface area contributed by atoms with Crippen molar-refractivity contribution in [3.05, 3.63) is 35.9 Å². The van der Waals surface area contributed by atoms with E-state index in [1.165, 1.54) is 11.3 Å². The van der Waals surface area contributed by atoms with Gasteiger partial charge in [-0.1, -0.05) is 35.6 Å². The zero-order valence-corrected chi connectivity index (χ0v) is 17.6. The number of allylic oxidation sites excluding steroid dienone is 2. The summed E-state index contributed by atoms with van der Waals surface area (Å²) in [6.07, 6.45) is 4.28. The van der Waals surface area contributed by atoms with Crippen molar-refractivity contribution >= 4 is 61.8 Å². The van der Waals surface area contributed by atoms with Crippen LogP contribution >= 0.6 is 34.5 Å². The summed E-state index contributed by atoms with van der Waals surface area (Å²) in [4.78, 5) is 30.3. The Bertz CT molecular complexity index is 941. The Hall–Kier alpha value is -1.63. The highest BCUT2D eigenvalue weighted by Crippen LogP contribution is 2.49. The quantitative estimate of drug-likeness (QED) is 0.412. The van der Waals surface area contributed by atoms with Gasteiger partial charge in [0.05, 0.1) is 33.8 Å². The molecule has 2 aliphatic rings. The van der Waals surface area contributed by atoms with Crippen LogP contribution in [0.4, 0.5) is 5.13 Å². The first-order valence-corrected chi connectivity index (χ1v) is 11.1. The predicted octanol–water partition coefficient (Wildman–Crippen LogP) is 4.37. The number of amides is 1. The van der Waals surface area contributed by atoms with Crippen molar-refractivity contribution in [2.24, 2.45) is 23.7 Å². The molecular weight excluding hydrogens is 419 g/mol. The number of fused-ring (bicyclic) bond motifs is 3. The third-order valence-electron chi connectivity index (χ3n) is 5.50. The lowest BCUT2D eigenvalue weighted by Crippen LogP contribution is -2.39. The van der Waals surface area contributed by atoms with Gasteiger partial charge in [-0.3, -0.25) is 9.59 Å². The summed E-state index contributed by atoms with van der Waals surface area (Å²) in [6, 6.07) is 5.89. The number of ether oxygens (including phenoxy) is 1. The maximum Gasteiger partial charge on any atom is 0.310 e. The van der Waals surface area contributed by atoms with Crippen LogP contribution in [0.15, 0.2) is 30.4 Å². The monoisotopic (exact) mass is 438 g/mol. The van der Waals surface area contributed by atoms with Gasteiger partial charge in [0.15, 0.2) is 5.13 Å². The fraction of sp³-hybridized carbons (Fsp3) is 0.450. The zero-order chi connectivity index (χ0) is 19.8. The van der Waals surface area contributed by atoms with Gasteiger partial charge in [0.1, 0.15) is 6.10 Å². The van der Waals surface area contributed by atoms with Crippen LogP contribution in [0.1, 0.15) is 12.0 Å². The van der Waals surface area contributed by atoms with E-state index in [4.69, 9.17) is 27.9 Å². The topological polar surface area (TPSA) is 68.3 Å². The van der Waals surface area contributed by atoms with E-state index < -0.39 is 23.9 Å². The van der Waals surface area contributed by atoms with Gasteiger partial charge < -0.3 is 10.1 Å². The molecule has 4 rings (SSSR count). The second kappa shape index (κ2) is 8.01. The molecule has 4 atom stereocenters. The maximum absolute atomic E-state index is 13.1. The highest BCUT2D eigenvalue weighted by atomic mass is 35.5. The molecule has 0 radical (unpaired) electrons. The van der Waals surface area contributed by atoms with Crippen LogP contribution in [-0.2, 0) is 14.3 Å². The fourth-order valence-corrected chi connectivity index (χ4v) is 5.57. The summed E-state index contributed by atoms with van der Waals surface area (Å²) in [6.45, 7) is 2.02. The van der Waals surface area contributed by atoms with Crippen LogP contribution in [-0.4, -0.2) is 34.7 Å². The molecule has 1 saturated carbocycles. The third kappa shape index (κ3) is 3.53. The van der Waals surface area contributed by atoms with Crippen LogP contribution in [0.3, 0.4) is 0 Å². The molecule has 2 bridgehead atoms. The minimum atomic E-state index is -0.546. The summed E-state index contributed by atoms with van der Waals surface area (Å²) in [5, 5.41) is 3.47. The highest BCUT2D eigenvalue weighted by Gasteiger charge is 2.52. The molecule has 4 unspecified atom stereocenters. The number of thiazole rings is 1. The molecule has 1 aromatic carbocycles. The van der Waals surface area contributed by atoms with Crippen molar-refractivity contribution in [1.82, 2.24) is 4.98 Å². The summed E-state index contributed by atoms with van der Waals surface area (Å²) in [5.74, 6) is -1.27. The number of benzene rings is 1. The van der Waals surface area contributed by atoms with Crippen molar-refractivity contribution in [3.63, 3.8) is 0 Å². The van der Waals surface area contributed by atoms with Crippen LogP contribution in [0, 0.1) is 30.6 Å². The number of alkyl halides is 2. The van der Waals surface area contributed by atoms with E-state index in [0.29, 0.717) is 5.13 Å². The van der Waals surface area contributed by atoms with Gasteiger partial charge in [-0.2, -0.15) is 0 Å². The minimum absolute atomic E-state index is 0.0113. The number of halogens is 2. The third-order valence-corrected chi connectivity index (χ3v) is 7.31. The van der Waals surface area contributed by atoms with E-state index in [1.54, 1.807) is 0 Å². The first-order chi connectivity index (χ1) is 13.5. The van der Waals surface area contributed by atoms with E-state index >= 15 is 0 Å². The van der Waals surface area contributed by atoms with Gasteiger partial charge in [0.25, 0.3) is 0 Å². The van der Waals surface area contributed by atoms with E-state index in [2.05, 4.69) is 10.3 Å². The fourth-order valence-electron chi connectivity index (χ4n) is 4.18. The number of carbonyl (C=O) groups excluding carboxylic acids is 2. The summed E-state index contributed by atoms with van der Waals surface area (Å²) < 4.78 is 6.50. The van der Waals surface area contributed by atoms with Crippen LogP contribution in [0.25, 0.3) is 10.2 Å². The molecular formula is C20H20Cl2N2O3S. The molecule has 2 aliphatic carbocycles. The lowest BCUT2D eigenvalue weighted by molar-refractivity contribution is -0.156. The highest BCUT2D eigenvalue weighted by molar-refractivity contribution is 7.22. The van der Waals surface area contributed by atoms with Crippen molar-refractivity contribution in [1.29, 1.82) is 0 Å². The van der Waals surface area contributed by atoms with Crippen LogP contribution < -0.4 is 5.32 Å². The summed E-state index contributed by atoms with van der Waals surface area (Å²) in [7, 11) is 0. The van der Waals surface area contributed by atoms with Crippen molar-refractivity contribution in [2.75, 3.05) is 17.1 Å². The maximum atomic E-state index is 13.1. The number of nitrogens with zero attached hydrogens (tertiary/aromatic N) is 1. The standard InChI is InChI=1S/C20H20Cl2N2O3S/c1-10-3-2-4-14-17(10)28-20(23-14)24-18(25)15-11-5-6-12(7-11)16(15)19(26)27-13(8-21)9-22/h2-6,11-13,15-16H,7-9H2,1H3,(H,23,24,25). The molecule has 2 aromatic rings. The van der Waals surface area contributed by atoms with Crippen LogP contribution in [0.2, 0.25) is 0 Å². The Morgan fingerprint density at radius 2 is 1.96 bits per heavy atom. The molecule has 1 aromatic heterocycles. The van der Waals surface area contributed by atoms with Gasteiger partial charge in [-0.05, 0) is 36.8 Å². The molecule has 0 spiro atoms. The van der Waals surface area contributed by atoms with E-state index in [9.17, 15) is 9.59 Å². The Morgan fingerprint density at radius 3 is 2.64 bits per heavy atom.